The third-order valence-electron chi connectivity index (χ3n) is 6.25. The molecule has 1 aliphatic heterocycles. The van der Waals surface area contributed by atoms with Gasteiger partial charge < -0.3 is 15.0 Å². The predicted octanol–water partition coefficient (Wildman–Crippen LogP) is 3.47. The molecule has 3 aromatic rings. The quantitative estimate of drug-likeness (QED) is 0.472. The zero-order chi connectivity index (χ0) is 26.5. The topological polar surface area (TPSA) is 79.7 Å². The summed E-state index contributed by atoms with van der Waals surface area (Å²) < 4.78 is 48.5. The van der Waals surface area contributed by atoms with Gasteiger partial charge in [-0.15, -0.1) is 0 Å². The SMILES string of the molecule is CN(C)C(=O)COC[C@@H]1C[C@H](n2cc(NC(=O)c3cccc(F)c3)cn2)CN1Cc1ccc(F)cc1F. The number of likely N-dealkylation sites (N-methyl/N-ethyl adjacent to an activating group) is 1. The number of carbonyl (C=O) groups excluding carboxylic acids is 2. The van der Waals surface area contributed by atoms with E-state index < -0.39 is 23.4 Å². The van der Waals surface area contributed by atoms with Crippen molar-refractivity contribution in [3.8, 4) is 0 Å². The van der Waals surface area contributed by atoms with Crippen LogP contribution < -0.4 is 5.32 Å². The molecule has 2 aromatic carbocycles. The number of anilines is 1. The molecule has 8 nitrogen and oxygen atoms in total. The van der Waals surface area contributed by atoms with Crippen molar-refractivity contribution in [2.24, 2.45) is 0 Å². The smallest absolute Gasteiger partial charge is 0.255 e. The minimum Gasteiger partial charge on any atom is -0.370 e. The van der Waals surface area contributed by atoms with Crippen molar-refractivity contribution in [1.82, 2.24) is 19.6 Å². The lowest BCUT2D eigenvalue weighted by molar-refractivity contribution is -0.134. The van der Waals surface area contributed by atoms with E-state index in [4.69, 9.17) is 4.74 Å². The lowest BCUT2D eigenvalue weighted by atomic mass is 10.1. The zero-order valence-corrected chi connectivity index (χ0v) is 20.5. The fraction of sp³-hybridized carbons (Fsp3) is 0.346. The van der Waals surface area contributed by atoms with E-state index in [9.17, 15) is 22.8 Å². The van der Waals surface area contributed by atoms with Crippen LogP contribution >= 0.6 is 0 Å². The Kier molecular flexibility index (Phi) is 8.24. The predicted molar refractivity (Wildman–Crippen MR) is 130 cm³/mol. The second-order valence-corrected chi connectivity index (χ2v) is 9.19. The molecule has 11 heteroatoms. The largest absolute Gasteiger partial charge is 0.370 e. The third-order valence-corrected chi connectivity index (χ3v) is 6.25. The van der Waals surface area contributed by atoms with Crippen LogP contribution in [0, 0.1) is 17.5 Å². The van der Waals surface area contributed by atoms with Gasteiger partial charge in [0.2, 0.25) is 5.91 Å². The van der Waals surface area contributed by atoms with Gasteiger partial charge >= 0.3 is 0 Å². The molecule has 0 saturated carbocycles. The highest BCUT2D eigenvalue weighted by molar-refractivity contribution is 6.04. The number of hydrogen-bond donors (Lipinski definition) is 1. The third kappa shape index (κ3) is 6.75. The minimum absolute atomic E-state index is 0.0784. The Bertz CT molecular complexity index is 1270. The molecule has 2 atom stereocenters. The van der Waals surface area contributed by atoms with Gasteiger partial charge in [0.1, 0.15) is 24.1 Å². The maximum atomic E-state index is 14.4. The van der Waals surface area contributed by atoms with E-state index in [2.05, 4.69) is 10.4 Å². The van der Waals surface area contributed by atoms with Gasteiger partial charge in [-0.3, -0.25) is 19.2 Å². The van der Waals surface area contributed by atoms with Crippen molar-refractivity contribution in [3.63, 3.8) is 0 Å². The fourth-order valence-electron chi connectivity index (χ4n) is 4.23. The van der Waals surface area contributed by atoms with E-state index in [0.29, 0.717) is 24.2 Å². The molecule has 1 fully saturated rings. The molecule has 4 rings (SSSR count). The second-order valence-electron chi connectivity index (χ2n) is 9.19. The molecule has 0 spiro atoms. The molecule has 37 heavy (non-hydrogen) atoms. The van der Waals surface area contributed by atoms with Crippen LogP contribution in [0.15, 0.2) is 54.9 Å². The average Bonchev–Trinajstić information content (AvgIpc) is 3.47. The molecule has 2 amide bonds. The van der Waals surface area contributed by atoms with E-state index in [1.807, 2.05) is 4.90 Å². The average molecular weight is 516 g/mol. The Morgan fingerprint density at radius 1 is 1.14 bits per heavy atom. The van der Waals surface area contributed by atoms with Gasteiger partial charge in [0.25, 0.3) is 5.91 Å². The van der Waals surface area contributed by atoms with E-state index in [-0.39, 0.29) is 43.3 Å². The van der Waals surface area contributed by atoms with Crippen molar-refractivity contribution in [2.45, 2.75) is 25.0 Å². The number of ether oxygens (including phenoxy) is 1. The fourth-order valence-corrected chi connectivity index (χ4v) is 4.23. The van der Waals surface area contributed by atoms with E-state index in [0.717, 1.165) is 12.1 Å². The number of halogens is 3. The van der Waals surface area contributed by atoms with E-state index in [1.165, 1.54) is 41.4 Å². The van der Waals surface area contributed by atoms with Crippen molar-refractivity contribution < 1.29 is 27.5 Å². The highest BCUT2D eigenvalue weighted by Gasteiger charge is 2.34. The van der Waals surface area contributed by atoms with Crippen LogP contribution in [0.25, 0.3) is 0 Å². The van der Waals surface area contributed by atoms with Gasteiger partial charge in [-0.05, 0) is 30.7 Å². The molecule has 0 bridgehead atoms. The summed E-state index contributed by atoms with van der Waals surface area (Å²) in [4.78, 5) is 27.8. The number of aromatic nitrogens is 2. The van der Waals surface area contributed by atoms with Gasteiger partial charge in [-0.25, -0.2) is 13.2 Å². The van der Waals surface area contributed by atoms with Gasteiger partial charge in [-0.1, -0.05) is 12.1 Å². The zero-order valence-electron chi connectivity index (χ0n) is 20.5. The summed E-state index contributed by atoms with van der Waals surface area (Å²) in [5, 5.41) is 7.08. The van der Waals surface area contributed by atoms with Gasteiger partial charge in [-0.2, -0.15) is 5.10 Å². The maximum Gasteiger partial charge on any atom is 0.255 e. The molecule has 0 unspecified atom stereocenters. The first-order valence-corrected chi connectivity index (χ1v) is 11.8. The summed E-state index contributed by atoms with van der Waals surface area (Å²) in [7, 11) is 3.28. The summed E-state index contributed by atoms with van der Waals surface area (Å²) in [6, 6.07) is 8.58. The van der Waals surface area contributed by atoms with Crippen LogP contribution in [0.3, 0.4) is 0 Å². The normalized spacial score (nSPS) is 17.6. The molecule has 1 N–H and O–H groups in total. The highest BCUT2D eigenvalue weighted by Crippen LogP contribution is 2.30. The molecular formula is C26H28F3N5O3. The molecule has 1 saturated heterocycles. The summed E-state index contributed by atoms with van der Waals surface area (Å²) in [6.07, 6.45) is 3.77. The van der Waals surface area contributed by atoms with Crippen LogP contribution in [-0.4, -0.2) is 71.3 Å². The van der Waals surface area contributed by atoms with E-state index >= 15 is 0 Å². The van der Waals surface area contributed by atoms with Gasteiger partial charge in [0.15, 0.2) is 0 Å². The lowest BCUT2D eigenvalue weighted by Crippen LogP contribution is -2.35. The minimum atomic E-state index is -0.646. The lowest BCUT2D eigenvalue weighted by Gasteiger charge is -2.24. The summed E-state index contributed by atoms with van der Waals surface area (Å²) in [5.74, 6) is -2.42. The Hall–Kier alpha value is -3.70. The Morgan fingerprint density at radius 3 is 2.65 bits per heavy atom. The first kappa shape index (κ1) is 26.4. The first-order valence-electron chi connectivity index (χ1n) is 11.8. The Labute approximate surface area is 212 Å². The highest BCUT2D eigenvalue weighted by atomic mass is 19.1. The van der Waals surface area contributed by atoms with Crippen molar-refractivity contribution in [2.75, 3.05) is 39.2 Å². The van der Waals surface area contributed by atoms with Crippen LogP contribution in [0.2, 0.25) is 0 Å². The molecule has 2 heterocycles. The van der Waals surface area contributed by atoms with Gasteiger partial charge in [0.05, 0.1) is 24.5 Å². The molecule has 1 aromatic heterocycles. The van der Waals surface area contributed by atoms with Gasteiger partial charge in [0, 0.05) is 56.6 Å². The van der Waals surface area contributed by atoms with Crippen LogP contribution in [0.4, 0.5) is 18.9 Å². The molecule has 1 aliphatic rings. The van der Waals surface area contributed by atoms with Crippen LogP contribution in [0.5, 0.6) is 0 Å². The summed E-state index contributed by atoms with van der Waals surface area (Å²) in [5.41, 5.74) is 0.979. The number of carbonyl (C=O) groups is 2. The number of benzene rings is 2. The molecule has 196 valence electrons. The van der Waals surface area contributed by atoms with Crippen molar-refractivity contribution in [1.29, 1.82) is 0 Å². The van der Waals surface area contributed by atoms with Crippen LogP contribution in [-0.2, 0) is 16.1 Å². The number of nitrogens with one attached hydrogen (secondary N) is 1. The standard InChI is InChI=1S/C26H28F3N5O3/c1-32(2)25(35)16-37-15-23-10-22(14-33(23)12-18-6-7-20(28)9-24(18)29)34-13-21(11-30-34)31-26(36)17-4-3-5-19(27)8-17/h3-9,11,13,22-23H,10,12,14-16H2,1-2H3,(H,31,36)/t22-,23-/m0/s1. The molecule has 0 radical (unpaired) electrons. The number of hydrogen-bond acceptors (Lipinski definition) is 5. The monoisotopic (exact) mass is 515 g/mol. The van der Waals surface area contributed by atoms with E-state index in [1.54, 1.807) is 25.0 Å². The van der Waals surface area contributed by atoms with Crippen molar-refractivity contribution >= 4 is 17.5 Å². The van der Waals surface area contributed by atoms with Crippen LogP contribution in [0.1, 0.15) is 28.4 Å². The Morgan fingerprint density at radius 2 is 1.92 bits per heavy atom. The Balaban J connectivity index is 1.45. The molecular weight excluding hydrogens is 487 g/mol. The number of amides is 2. The summed E-state index contributed by atoms with van der Waals surface area (Å²) >= 11 is 0. The number of nitrogens with zero attached hydrogens (tertiary/aromatic N) is 4. The molecule has 0 aliphatic carbocycles. The first-order chi connectivity index (χ1) is 17.7. The second kappa shape index (κ2) is 11.6. The number of rotatable bonds is 9. The maximum absolute atomic E-state index is 14.4. The van der Waals surface area contributed by atoms with Crippen molar-refractivity contribution in [3.05, 3.63) is 83.4 Å². The summed E-state index contributed by atoms with van der Waals surface area (Å²) in [6.45, 7) is 0.877. The number of likely N-dealkylation sites (tertiary alicyclic amines) is 1.